The van der Waals surface area contributed by atoms with Crippen molar-refractivity contribution in [3.05, 3.63) is 16.5 Å². The first-order valence-corrected chi connectivity index (χ1v) is 10.9. The molecule has 2 saturated heterocycles. The molecule has 30 heavy (non-hydrogen) atoms. The van der Waals surface area contributed by atoms with E-state index in [1.54, 1.807) is 0 Å². The van der Waals surface area contributed by atoms with Crippen molar-refractivity contribution in [1.29, 1.82) is 0 Å². The van der Waals surface area contributed by atoms with Crippen molar-refractivity contribution >= 4 is 46.0 Å². The van der Waals surface area contributed by atoms with E-state index in [4.69, 9.17) is 32.7 Å². The van der Waals surface area contributed by atoms with Crippen molar-refractivity contribution in [3.8, 4) is 5.88 Å². The van der Waals surface area contributed by atoms with Crippen LogP contribution in [0.1, 0.15) is 40.5 Å². The zero-order valence-corrected chi connectivity index (χ0v) is 18.7. The maximum Gasteiger partial charge on any atom is 0.410 e. The van der Waals surface area contributed by atoms with Crippen LogP contribution in [-0.4, -0.2) is 62.3 Å². The Morgan fingerprint density at radius 2 is 2.03 bits per heavy atom. The molecule has 2 aromatic heterocycles. The normalized spacial score (nSPS) is 27.5. The minimum Gasteiger partial charge on any atom is -0.472 e. The maximum atomic E-state index is 13.0. The summed E-state index contributed by atoms with van der Waals surface area (Å²) >= 11 is 12.6. The Hall–Kier alpha value is -2.06. The lowest BCUT2D eigenvalue weighted by Crippen LogP contribution is -2.65. The van der Waals surface area contributed by atoms with E-state index >= 15 is 0 Å². The smallest absolute Gasteiger partial charge is 0.410 e. The number of fused-ring (bicyclic) bond motifs is 5. The van der Waals surface area contributed by atoms with Gasteiger partial charge in [0.2, 0.25) is 5.88 Å². The highest BCUT2D eigenvalue weighted by atomic mass is 35.5. The van der Waals surface area contributed by atoms with Crippen molar-refractivity contribution in [1.82, 2.24) is 19.9 Å². The predicted molar refractivity (Wildman–Crippen MR) is 113 cm³/mol. The van der Waals surface area contributed by atoms with Crippen molar-refractivity contribution < 1.29 is 14.3 Å². The van der Waals surface area contributed by atoms with Crippen LogP contribution < -0.4 is 9.64 Å². The Kier molecular flexibility index (Phi) is 4.45. The van der Waals surface area contributed by atoms with Crippen molar-refractivity contribution in [2.75, 3.05) is 11.4 Å². The van der Waals surface area contributed by atoms with Crippen LogP contribution in [0, 0.1) is 0 Å². The van der Waals surface area contributed by atoms with Gasteiger partial charge in [-0.3, -0.25) is 4.90 Å². The molecule has 160 valence electrons. The highest BCUT2D eigenvalue weighted by molar-refractivity contribution is 6.44. The highest BCUT2D eigenvalue weighted by Gasteiger charge is 2.53. The van der Waals surface area contributed by atoms with Gasteiger partial charge in [-0.15, -0.1) is 0 Å². The maximum absolute atomic E-state index is 13.0. The molecule has 4 atom stereocenters. The summed E-state index contributed by atoms with van der Waals surface area (Å²) in [4.78, 5) is 30.4. The largest absolute Gasteiger partial charge is 0.472 e. The molecule has 0 saturated carbocycles. The zero-order valence-electron chi connectivity index (χ0n) is 17.2. The van der Waals surface area contributed by atoms with Crippen LogP contribution >= 0.6 is 23.2 Å². The Balaban J connectivity index is 1.60. The monoisotopic (exact) mass is 451 g/mol. The molecule has 3 aliphatic rings. The number of carbonyl (C=O) groups is 1. The van der Waals surface area contributed by atoms with Crippen LogP contribution in [-0.2, 0) is 4.74 Å². The van der Waals surface area contributed by atoms with Gasteiger partial charge in [-0.1, -0.05) is 23.2 Å². The summed E-state index contributed by atoms with van der Waals surface area (Å²) in [5.74, 6) is 1.09. The minimum absolute atomic E-state index is 0.0376. The summed E-state index contributed by atoms with van der Waals surface area (Å²) in [6.07, 6.45) is 2.73. The van der Waals surface area contributed by atoms with E-state index in [0.29, 0.717) is 23.3 Å². The van der Waals surface area contributed by atoms with E-state index < -0.39 is 5.60 Å². The Bertz CT molecular complexity index is 1040. The molecule has 5 rings (SSSR count). The first-order valence-electron chi connectivity index (χ1n) is 10.1. The number of hydrogen-bond acceptors (Lipinski definition) is 7. The number of anilines is 1. The summed E-state index contributed by atoms with van der Waals surface area (Å²) in [5, 5.41) is 1.09. The molecular formula is C20H23Cl2N5O3. The fourth-order valence-corrected chi connectivity index (χ4v) is 5.31. The molecule has 5 heterocycles. The van der Waals surface area contributed by atoms with E-state index in [9.17, 15) is 4.79 Å². The number of piperazine rings is 1. The number of halogens is 2. The first-order chi connectivity index (χ1) is 14.2. The molecule has 10 heteroatoms. The van der Waals surface area contributed by atoms with Gasteiger partial charge in [0.05, 0.1) is 18.1 Å². The van der Waals surface area contributed by atoms with Gasteiger partial charge in [-0.25, -0.2) is 14.8 Å². The third-order valence-corrected chi connectivity index (χ3v) is 6.72. The fraction of sp³-hybridized carbons (Fsp3) is 0.600. The quantitative estimate of drug-likeness (QED) is 0.558. The number of rotatable bonds is 0. The SMILES string of the molecule is C[C@@H]1Oc2nc(Cl)c(Cl)c3ncnc(c23)N2C[C@H]3CC[C@@H]([C@@H]12)N3C(=O)OC(C)(C)C. The molecule has 2 aromatic rings. The first kappa shape index (κ1) is 19.9. The van der Waals surface area contributed by atoms with Gasteiger partial charge < -0.3 is 14.4 Å². The molecule has 0 radical (unpaired) electrons. The summed E-state index contributed by atoms with van der Waals surface area (Å²) in [6.45, 7) is 8.26. The second-order valence-corrected chi connectivity index (χ2v) is 9.83. The van der Waals surface area contributed by atoms with Crippen molar-refractivity contribution in [2.24, 2.45) is 0 Å². The predicted octanol–water partition coefficient (Wildman–Crippen LogP) is 4.07. The molecule has 1 amide bonds. The van der Waals surface area contributed by atoms with Gasteiger partial charge >= 0.3 is 6.09 Å². The van der Waals surface area contributed by atoms with Gasteiger partial charge in [0, 0.05) is 6.54 Å². The average molecular weight is 452 g/mol. The van der Waals surface area contributed by atoms with Gasteiger partial charge in [0.15, 0.2) is 5.15 Å². The summed E-state index contributed by atoms with van der Waals surface area (Å²) in [6, 6.07) is -0.129. The van der Waals surface area contributed by atoms with Gasteiger partial charge in [0.25, 0.3) is 0 Å². The van der Waals surface area contributed by atoms with Gasteiger partial charge in [-0.2, -0.15) is 4.98 Å². The minimum atomic E-state index is -0.550. The van der Waals surface area contributed by atoms with Crippen LogP contribution in [0.3, 0.4) is 0 Å². The molecular weight excluding hydrogens is 429 g/mol. The van der Waals surface area contributed by atoms with Gasteiger partial charge in [-0.05, 0) is 40.5 Å². The lowest BCUT2D eigenvalue weighted by atomic mass is 9.98. The molecule has 2 bridgehead atoms. The lowest BCUT2D eigenvalue weighted by molar-refractivity contribution is 0.000965. The van der Waals surface area contributed by atoms with Crippen molar-refractivity contribution in [3.63, 3.8) is 0 Å². The third kappa shape index (κ3) is 2.95. The number of ether oxygens (including phenoxy) is 2. The molecule has 0 aliphatic carbocycles. The highest BCUT2D eigenvalue weighted by Crippen LogP contribution is 2.46. The molecule has 8 nitrogen and oxygen atoms in total. The number of hydrogen-bond donors (Lipinski definition) is 0. The lowest BCUT2D eigenvalue weighted by Gasteiger charge is -2.48. The van der Waals surface area contributed by atoms with E-state index in [1.165, 1.54) is 6.33 Å². The second-order valence-electron chi connectivity index (χ2n) is 9.09. The van der Waals surface area contributed by atoms with Crippen LogP contribution in [0.15, 0.2) is 6.33 Å². The van der Waals surface area contributed by atoms with E-state index in [0.717, 1.165) is 18.7 Å². The summed E-state index contributed by atoms with van der Waals surface area (Å²) in [5.41, 5.74) is -0.0301. The third-order valence-electron chi connectivity index (χ3n) is 5.99. The number of carbonyl (C=O) groups excluding carboxylic acids is 1. The molecule has 0 N–H and O–H groups in total. The standard InChI is InChI=1S/C20H23Cl2N5O3/c1-9-15-11-6-5-10(27(11)19(28)30-20(2,3)4)7-26(15)17-12-14(23-8-24-17)13(21)16(22)25-18(12)29-9/h8-11,15H,5-7H2,1-4H3/t9-,10+,11-,15+/m0/s1. The van der Waals surface area contributed by atoms with Crippen LogP contribution in [0.4, 0.5) is 10.6 Å². The van der Waals surface area contributed by atoms with Crippen LogP contribution in [0.25, 0.3) is 10.9 Å². The molecule has 0 aromatic carbocycles. The fourth-order valence-electron chi connectivity index (χ4n) is 4.96. The zero-order chi connectivity index (χ0) is 21.4. The van der Waals surface area contributed by atoms with Gasteiger partial charge in [0.1, 0.15) is 39.8 Å². The molecule has 2 fully saturated rings. The van der Waals surface area contributed by atoms with Crippen LogP contribution in [0.5, 0.6) is 5.88 Å². The number of amides is 1. The average Bonchev–Trinajstić information content (AvgIpc) is 2.91. The van der Waals surface area contributed by atoms with E-state index in [1.807, 2.05) is 32.6 Å². The number of pyridine rings is 1. The Labute approximate surface area is 184 Å². The van der Waals surface area contributed by atoms with Crippen LogP contribution in [0.2, 0.25) is 10.2 Å². The molecule has 0 unspecified atom stereocenters. The summed E-state index contributed by atoms with van der Waals surface area (Å²) < 4.78 is 12.0. The van der Waals surface area contributed by atoms with E-state index in [2.05, 4.69) is 19.9 Å². The van der Waals surface area contributed by atoms with E-state index in [-0.39, 0.29) is 40.5 Å². The number of aromatic nitrogens is 3. The second kappa shape index (κ2) is 6.72. The molecule has 3 aliphatic heterocycles. The molecule has 0 spiro atoms. The topological polar surface area (TPSA) is 80.7 Å². The van der Waals surface area contributed by atoms with Crippen molar-refractivity contribution in [2.45, 2.75) is 70.4 Å². The summed E-state index contributed by atoms with van der Waals surface area (Å²) in [7, 11) is 0. The Morgan fingerprint density at radius 1 is 1.27 bits per heavy atom. The Morgan fingerprint density at radius 3 is 2.77 bits per heavy atom. The number of nitrogens with zero attached hydrogens (tertiary/aromatic N) is 5.